The van der Waals surface area contributed by atoms with E-state index in [9.17, 15) is 9.59 Å². The number of nitrogens with one attached hydrogen (secondary N) is 1. The molecule has 4 nitrogen and oxygen atoms in total. The van der Waals surface area contributed by atoms with Gasteiger partial charge in [-0.05, 0) is 29.0 Å². The molecule has 3 N–H and O–H groups in total. The van der Waals surface area contributed by atoms with Crippen LogP contribution in [0, 0.1) is 0 Å². The number of amides is 2. The minimum Gasteiger partial charge on any atom is -0.399 e. The van der Waals surface area contributed by atoms with Crippen LogP contribution in [0.1, 0.15) is 20.7 Å². The summed E-state index contributed by atoms with van der Waals surface area (Å²) < 4.78 is 0. The van der Waals surface area contributed by atoms with Gasteiger partial charge < -0.3 is 5.73 Å². The summed E-state index contributed by atoms with van der Waals surface area (Å²) in [6, 6.07) is 8.79. The Morgan fingerprint density at radius 2 is 1.75 bits per heavy atom. The van der Waals surface area contributed by atoms with E-state index in [1.54, 1.807) is 18.2 Å². The number of fused-ring (bicyclic) bond motifs is 3. The molecule has 0 aromatic heterocycles. The van der Waals surface area contributed by atoms with Crippen molar-refractivity contribution in [2.24, 2.45) is 0 Å². The van der Waals surface area contributed by atoms with Gasteiger partial charge in [0, 0.05) is 5.69 Å². The van der Waals surface area contributed by atoms with Crippen molar-refractivity contribution >= 4 is 28.3 Å². The van der Waals surface area contributed by atoms with Crippen molar-refractivity contribution in [1.29, 1.82) is 0 Å². The fraction of sp³-hybridized carbons (Fsp3) is 0. The Kier molecular flexibility index (Phi) is 1.57. The van der Waals surface area contributed by atoms with Crippen molar-refractivity contribution in [2.75, 3.05) is 5.73 Å². The molecule has 2 amide bonds. The minimum absolute atomic E-state index is 0.343. The van der Waals surface area contributed by atoms with Gasteiger partial charge in [-0.2, -0.15) is 0 Å². The predicted octanol–water partition coefficient (Wildman–Crippen LogP) is 1.31. The smallest absolute Gasteiger partial charge is 0.259 e. The van der Waals surface area contributed by atoms with Gasteiger partial charge in [-0.15, -0.1) is 0 Å². The molecule has 0 bridgehead atoms. The van der Waals surface area contributed by atoms with Gasteiger partial charge >= 0.3 is 0 Å². The molecule has 0 aliphatic carbocycles. The van der Waals surface area contributed by atoms with Gasteiger partial charge in [0.1, 0.15) is 0 Å². The highest BCUT2D eigenvalue weighted by Crippen LogP contribution is 2.27. The van der Waals surface area contributed by atoms with Crippen molar-refractivity contribution < 1.29 is 9.59 Å². The summed E-state index contributed by atoms with van der Waals surface area (Å²) >= 11 is 0. The molecular weight excluding hydrogens is 204 g/mol. The van der Waals surface area contributed by atoms with Crippen molar-refractivity contribution in [3.63, 3.8) is 0 Å². The molecule has 0 spiro atoms. The zero-order valence-corrected chi connectivity index (χ0v) is 8.28. The number of imide groups is 1. The number of nitrogen functional groups attached to an aromatic ring is 1. The van der Waals surface area contributed by atoms with Crippen LogP contribution < -0.4 is 11.1 Å². The first-order valence-corrected chi connectivity index (χ1v) is 4.85. The Hall–Kier alpha value is -2.36. The Morgan fingerprint density at radius 3 is 2.56 bits per heavy atom. The van der Waals surface area contributed by atoms with Crippen molar-refractivity contribution in [3.8, 4) is 0 Å². The molecule has 1 aliphatic heterocycles. The maximum Gasteiger partial charge on any atom is 0.259 e. The molecule has 4 heteroatoms. The number of hydrogen-bond acceptors (Lipinski definition) is 3. The first kappa shape index (κ1) is 8.91. The second-order valence-electron chi connectivity index (χ2n) is 3.75. The molecule has 16 heavy (non-hydrogen) atoms. The van der Waals surface area contributed by atoms with Gasteiger partial charge in [-0.25, -0.2) is 0 Å². The maximum absolute atomic E-state index is 11.6. The lowest BCUT2D eigenvalue weighted by Crippen LogP contribution is -2.19. The molecule has 0 unspecified atom stereocenters. The highest BCUT2D eigenvalue weighted by atomic mass is 16.2. The van der Waals surface area contributed by atoms with Crippen LogP contribution in [-0.2, 0) is 0 Å². The van der Waals surface area contributed by atoms with Gasteiger partial charge in [0.25, 0.3) is 11.8 Å². The van der Waals surface area contributed by atoms with Crippen LogP contribution in [0.5, 0.6) is 0 Å². The third kappa shape index (κ3) is 1.04. The number of nitrogens with two attached hydrogens (primary N) is 1. The highest BCUT2D eigenvalue weighted by Gasteiger charge is 2.28. The molecule has 0 atom stereocenters. The van der Waals surface area contributed by atoms with Gasteiger partial charge in [-0.1, -0.05) is 12.1 Å². The lowest BCUT2D eigenvalue weighted by Gasteiger charge is -2.03. The molecule has 2 aromatic rings. The first-order valence-electron chi connectivity index (χ1n) is 4.85. The molecule has 2 aromatic carbocycles. The SMILES string of the molecule is Nc1ccc2ccc3c(c2c1)C(=O)NC3=O. The van der Waals surface area contributed by atoms with Crippen LogP contribution >= 0.6 is 0 Å². The first-order chi connectivity index (χ1) is 7.66. The topological polar surface area (TPSA) is 72.2 Å². The van der Waals surface area contributed by atoms with E-state index in [4.69, 9.17) is 5.73 Å². The summed E-state index contributed by atoms with van der Waals surface area (Å²) in [6.07, 6.45) is 0. The molecule has 3 rings (SSSR count). The molecule has 1 aliphatic rings. The van der Waals surface area contributed by atoms with Crippen LogP contribution in [0.2, 0.25) is 0 Å². The number of hydrogen-bond donors (Lipinski definition) is 2. The van der Waals surface area contributed by atoms with E-state index >= 15 is 0 Å². The summed E-state index contributed by atoms with van der Waals surface area (Å²) in [5.41, 5.74) is 7.10. The third-order valence-corrected chi connectivity index (χ3v) is 2.74. The fourth-order valence-corrected chi connectivity index (χ4v) is 2.00. The fourth-order valence-electron chi connectivity index (χ4n) is 2.00. The quantitative estimate of drug-likeness (QED) is 0.510. The molecule has 0 saturated carbocycles. The van der Waals surface area contributed by atoms with Crippen LogP contribution in [0.15, 0.2) is 30.3 Å². The van der Waals surface area contributed by atoms with E-state index in [0.717, 1.165) is 10.8 Å². The van der Waals surface area contributed by atoms with E-state index in [2.05, 4.69) is 5.32 Å². The standard InChI is InChI=1S/C12H8N2O2/c13-7-3-1-6-2-4-8-10(9(6)5-7)12(16)14-11(8)15/h1-5H,13H2,(H,14,15,16). The third-order valence-electron chi connectivity index (χ3n) is 2.74. The number of anilines is 1. The lowest BCUT2D eigenvalue weighted by atomic mass is 10.00. The minimum atomic E-state index is -0.351. The van der Waals surface area contributed by atoms with Crippen LogP contribution in [0.25, 0.3) is 10.8 Å². The lowest BCUT2D eigenvalue weighted by molar-refractivity contribution is 0.0880. The second kappa shape index (κ2) is 2.82. The van der Waals surface area contributed by atoms with Crippen molar-refractivity contribution in [1.82, 2.24) is 5.32 Å². The monoisotopic (exact) mass is 212 g/mol. The van der Waals surface area contributed by atoms with Crippen LogP contribution in [0.3, 0.4) is 0 Å². The van der Waals surface area contributed by atoms with Gasteiger partial charge in [0.05, 0.1) is 11.1 Å². The summed E-state index contributed by atoms with van der Waals surface area (Å²) in [5, 5.41) is 3.90. The Morgan fingerprint density at radius 1 is 1.00 bits per heavy atom. The number of benzene rings is 2. The molecule has 0 radical (unpaired) electrons. The van der Waals surface area contributed by atoms with Crippen molar-refractivity contribution in [2.45, 2.75) is 0 Å². The van der Waals surface area contributed by atoms with Gasteiger partial charge in [0.15, 0.2) is 0 Å². The van der Waals surface area contributed by atoms with Crippen LogP contribution in [-0.4, -0.2) is 11.8 Å². The Labute approximate surface area is 91.0 Å². The Bertz CT molecular complexity index is 647. The summed E-state index contributed by atoms with van der Waals surface area (Å²) in [6.45, 7) is 0. The number of rotatable bonds is 0. The van der Waals surface area contributed by atoms with Crippen molar-refractivity contribution in [3.05, 3.63) is 41.5 Å². The molecule has 1 heterocycles. The number of carbonyl (C=O) groups excluding carboxylic acids is 2. The largest absolute Gasteiger partial charge is 0.399 e. The Balaban J connectivity index is 2.48. The maximum atomic E-state index is 11.6. The molecule has 78 valence electrons. The second-order valence-corrected chi connectivity index (χ2v) is 3.75. The van der Waals surface area contributed by atoms with E-state index in [1.165, 1.54) is 0 Å². The predicted molar refractivity (Wildman–Crippen MR) is 60.2 cm³/mol. The zero-order chi connectivity index (χ0) is 11.3. The summed E-state index contributed by atoms with van der Waals surface area (Å²) in [4.78, 5) is 23.1. The van der Waals surface area contributed by atoms with E-state index < -0.39 is 0 Å². The van der Waals surface area contributed by atoms with E-state index in [1.807, 2.05) is 12.1 Å². The van der Waals surface area contributed by atoms with E-state index in [-0.39, 0.29) is 11.8 Å². The molecule has 0 saturated heterocycles. The normalized spacial score (nSPS) is 14.0. The van der Waals surface area contributed by atoms with E-state index in [0.29, 0.717) is 16.8 Å². The zero-order valence-electron chi connectivity index (χ0n) is 8.28. The van der Waals surface area contributed by atoms with Gasteiger partial charge in [0.2, 0.25) is 0 Å². The van der Waals surface area contributed by atoms with Gasteiger partial charge in [-0.3, -0.25) is 14.9 Å². The molecular formula is C12H8N2O2. The number of carbonyl (C=O) groups is 2. The molecule has 0 fully saturated rings. The van der Waals surface area contributed by atoms with Crippen LogP contribution in [0.4, 0.5) is 5.69 Å². The summed E-state index contributed by atoms with van der Waals surface area (Å²) in [7, 11) is 0. The average Bonchev–Trinajstić information content (AvgIpc) is 2.54. The highest BCUT2D eigenvalue weighted by molar-refractivity contribution is 6.26. The summed E-state index contributed by atoms with van der Waals surface area (Å²) in [5.74, 6) is -0.694. The average molecular weight is 212 g/mol.